The van der Waals surface area contributed by atoms with Gasteiger partial charge >= 0.3 is 0 Å². The van der Waals surface area contributed by atoms with Crippen LogP contribution in [0.4, 0.5) is 0 Å². The summed E-state index contributed by atoms with van der Waals surface area (Å²) in [5.41, 5.74) is 5.93. The first-order valence-electron chi connectivity index (χ1n) is 9.38. The minimum absolute atomic E-state index is 0.153. The van der Waals surface area contributed by atoms with Gasteiger partial charge in [-0.05, 0) is 31.2 Å². The van der Waals surface area contributed by atoms with Crippen LogP contribution in [0, 0.1) is 0 Å². The Morgan fingerprint density at radius 3 is 2.65 bits per heavy atom. The summed E-state index contributed by atoms with van der Waals surface area (Å²) in [6, 6.07) is 4.15. The molecule has 2 fully saturated rings. The van der Waals surface area contributed by atoms with Gasteiger partial charge in [-0.2, -0.15) is 0 Å². The third-order valence-corrected chi connectivity index (χ3v) is 6.33. The molecule has 1 aliphatic heterocycles. The Balaban J connectivity index is 1.35. The average Bonchev–Trinajstić information content (AvgIpc) is 3.29. The van der Waals surface area contributed by atoms with Crippen molar-refractivity contribution in [2.24, 2.45) is 5.73 Å². The largest absolute Gasteiger partial charge is 0.335 e. The summed E-state index contributed by atoms with van der Waals surface area (Å²) < 4.78 is 2.25. The Morgan fingerprint density at radius 1 is 1.27 bits per heavy atom. The van der Waals surface area contributed by atoms with Crippen LogP contribution in [0.15, 0.2) is 17.5 Å². The second-order valence-electron chi connectivity index (χ2n) is 7.19. The number of rotatable bonds is 5. The molecular weight excluding hydrogens is 348 g/mol. The number of thiophene rings is 1. The van der Waals surface area contributed by atoms with Gasteiger partial charge < -0.3 is 15.2 Å². The smallest absolute Gasteiger partial charge is 0.264 e. The summed E-state index contributed by atoms with van der Waals surface area (Å²) in [4.78, 5) is 17.6. The van der Waals surface area contributed by atoms with Crippen LogP contribution in [-0.4, -0.2) is 62.7 Å². The third kappa shape index (κ3) is 3.41. The van der Waals surface area contributed by atoms with Gasteiger partial charge in [0.25, 0.3) is 5.91 Å². The monoisotopic (exact) mass is 374 g/mol. The van der Waals surface area contributed by atoms with E-state index in [0.717, 1.165) is 68.6 Å². The zero-order valence-corrected chi connectivity index (χ0v) is 16.0. The van der Waals surface area contributed by atoms with Crippen molar-refractivity contribution in [3.05, 3.63) is 34.0 Å². The van der Waals surface area contributed by atoms with Gasteiger partial charge in [0, 0.05) is 44.7 Å². The standard InChI is InChI=1S/C18H26N6OS/c1-2-24-16(20-21-17(24)13-10-14(19)11-13)12-22-5-7-23(8-6-22)18(25)15-4-3-9-26-15/h3-4,9,13-14H,2,5-8,10-12,19H2,1H3. The predicted octanol–water partition coefficient (Wildman–Crippen LogP) is 1.52. The number of amides is 1. The Morgan fingerprint density at radius 2 is 2.04 bits per heavy atom. The maximum atomic E-state index is 12.5. The van der Waals surface area contributed by atoms with Gasteiger partial charge in [0.1, 0.15) is 11.6 Å². The van der Waals surface area contributed by atoms with Crippen LogP contribution in [0.5, 0.6) is 0 Å². The summed E-state index contributed by atoms with van der Waals surface area (Å²) in [6.45, 7) is 7.10. The van der Waals surface area contributed by atoms with Gasteiger partial charge in [-0.25, -0.2) is 0 Å². The highest BCUT2D eigenvalue weighted by Crippen LogP contribution is 2.34. The van der Waals surface area contributed by atoms with Crippen LogP contribution in [0.3, 0.4) is 0 Å². The molecule has 2 aliphatic rings. The number of carbonyl (C=O) groups is 1. The lowest BCUT2D eigenvalue weighted by Gasteiger charge is -2.34. The summed E-state index contributed by atoms with van der Waals surface area (Å²) >= 11 is 1.51. The van der Waals surface area contributed by atoms with Crippen molar-refractivity contribution >= 4 is 17.2 Å². The molecule has 1 amide bonds. The Bertz CT molecular complexity index is 744. The molecule has 0 atom stereocenters. The molecule has 0 bridgehead atoms. The van der Waals surface area contributed by atoms with Crippen LogP contribution in [0.1, 0.15) is 47.0 Å². The molecule has 0 unspecified atom stereocenters. The first-order valence-corrected chi connectivity index (χ1v) is 10.3. The number of piperazine rings is 1. The Labute approximate surface area is 157 Å². The first-order chi connectivity index (χ1) is 12.7. The first kappa shape index (κ1) is 17.6. The molecular formula is C18H26N6OS. The fraction of sp³-hybridized carbons (Fsp3) is 0.611. The predicted molar refractivity (Wildman–Crippen MR) is 101 cm³/mol. The van der Waals surface area contributed by atoms with Crippen molar-refractivity contribution in [2.45, 2.75) is 44.8 Å². The minimum atomic E-state index is 0.153. The molecule has 140 valence electrons. The Hall–Kier alpha value is -1.77. The van der Waals surface area contributed by atoms with Crippen molar-refractivity contribution in [3.63, 3.8) is 0 Å². The highest BCUT2D eigenvalue weighted by Gasteiger charge is 2.32. The van der Waals surface area contributed by atoms with Gasteiger partial charge in [-0.15, -0.1) is 21.5 Å². The molecule has 2 aromatic heterocycles. The second kappa shape index (κ2) is 7.46. The third-order valence-electron chi connectivity index (χ3n) is 5.47. The second-order valence-corrected chi connectivity index (χ2v) is 8.14. The van der Waals surface area contributed by atoms with Crippen molar-refractivity contribution in [3.8, 4) is 0 Å². The van der Waals surface area contributed by atoms with Crippen LogP contribution >= 0.6 is 11.3 Å². The van der Waals surface area contributed by atoms with Crippen molar-refractivity contribution < 1.29 is 4.79 Å². The van der Waals surface area contributed by atoms with E-state index < -0.39 is 0 Å². The highest BCUT2D eigenvalue weighted by molar-refractivity contribution is 7.12. The summed E-state index contributed by atoms with van der Waals surface area (Å²) in [7, 11) is 0. The molecule has 7 nitrogen and oxygen atoms in total. The van der Waals surface area contributed by atoms with Gasteiger partial charge in [0.2, 0.25) is 0 Å². The lowest BCUT2D eigenvalue weighted by molar-refractivity contribution is 0.0628. The van der Waals surface area contributed by atoms with Crippen LogP contribution in [0.25, 0.3) is 0 Å². The van der Waals surface area contributed by atoms with Gasteiger partial charge in [-0.1, -0.05) is 6.07 Å². The normalized spacial score (nSPS) is 23.8. The van der Waals surface area contributed by atoms with Gasteiger partial charge in [0.15, 0.2) is 0 Å². The maximum absolute atomic E-state index is 12.5. The van der Waals surface area contributed by atoms with E-state index in [9.17, 15) is 4.79 Å². The van der Waals surface area contributed by atoms with Gasteiger partial charge in [-0.3, -0.25) is 9.69 Å². The molecule has 2 aromatic rings. The van der Waals surface area contributed by atoms with E-state index in [1.54, 1.807) is 0 Å². The average molecular weight is 375 g/mol. The molecule has 8 heteroatoms. The molecule has 0 aromatic carbocycles. The van der Waals surface area contributed by atoms with E-state index in [1.165, 1.54) is 11.3 Å². The molecule has 1 aliphatic carbocycles. The SMILES string of the molecule is CCn1c(CN2CCN(C(=O)c3cccs3)CC2)nnc1C1CC(N)C1. The fourth-order valence-corrected chi connectivity index (χ4v) is 4.54. The van der Waals surface area contributed by atoms with E-state index in [1.807, 2.05) is 22.4 Å². The molecule has 1 saturated carbocycles. The fourth-order valence-electron chi connectivity index (χ4n) is 3.85. The number of carbonyl (C=O) groups excluding carboxylic acids is 1. The van der Waals surface area contributed by atoms with Crippen LogP contribution in [-0.2, 0) is 13.1 Å². The molecule has 4 rings (SSSR count). The molecule has 1 saturated heterocycles. The van der Waals surface area contributed by atoms with Crippen molar-refractivity contribution in [1.29, 1.82) is 0 Å². The summed E-state index contributed by atoms with van der Waals surface area (Å²) in [5.74, 6) is 2.74. The number of hydrogen-bond donors (Lipinski definition) is 1. The zero-order chi connectivity index (χ0) is 18.1. The van der Waals surface area contributed by atoms with E-state index in [-0.39, 0.29) is 5.91 Å². The number of hydrogen-bond acceptors (Lipinski definition) is 6. The van der Waals surface area contributed by atoms with E-state index in [0.29, 0.717) is 12.0 Å². The van der Waals surface area contributed by atoms with Crippen LogP contribution in [0.2, 0.25) is 0 Å². The number of nitrogens with two attached hydrogens (primary N) is 1. The van der Waals surface area contributed by atoms with Crippen molar-refractivity contribution in [1.82, 2.24) is 24.6 Å². The number of aromatic nitrogens is 3. The maximum Gasteiger partial charge on any atom is 0.264 e. The Kier molecular flexibility index (Phi) is 5.06. The van der Waals surface area contributed by atoms with E-state index in [4.69, 9.17) is 5.73 Å². The van der Waals surface area contributed by atoms with E-state index in [2.05, 4.69) is 26.6 Å². The molecule has 0 radical (unpaired) electrons. The molecule has 0 spiro atoms. The lowest BCUT2D eigenvalue weighted by atomic mass is 9.80. The number of nitrogens with zero attached hydrogens (tertiary/aromatic N) is 5. The lowest BCUT2D eigenvalue weighted by Crippen LogP contribution is -2.48. The molecule has 3 heterocycles. The van der Waals surface area contributed by atoms with E-state index >= 15 is 0 Å². The summed E-state index contributed by atoms with van der Waals surface area (Å²) in [5, 5.41) is 10.9. The highest BCUT2D eigenvalue weighted by atomic mass is 32.1. The van der Waals surface area contributed by atoms with Crippen molar-refractivity contribution in [2.75, 3.05) is 26.2 Å². The van der Waals surface area contributed by atoms with Crippen LogP contribution < -0.4 is 5.73 Å². The summed E-state index contributed by atoms with van der Waals surface area (Å²) in [6.07, 6.45) is 2.03. The zero-order valence-electron chi connectivity index (χ0n) is 15.2. The molecule has 2 N–H and O–H groups in total. The minimum Gasteiger partial charge on any atom is -0.335 e. The van der Waals surface area contributed by atoms with Gasteiger partial charge in [0.05, 0.1) is 11.4 Å². The molecule has 26 heavy (non-hydrogen) atoms. The topological polar surface area (TPSA) is 80.3 Å². The quantitative estimate of drug-likeness (QED) is 0.858.